The Morgan fingerprint density at radius 2 is 0.810 bits per heavy atom. The molecule has 0 spiro atoms. The SMILES string of the molecule is CCCCCCCCCCCCC(=O)OC[C@H](O)COC(=O)CCCCCCCCCCCCCCCCC(C)CC. The molecule has 0 aromatic carbocycles. The second-order valence-corrected chi connectivity index (χ2v) is 13.0. The van der Waals surface area contributed by atoms with Gasteiger partial charge in [-0.25, -0.2) is 0 Å². The first-order valence-corrected chi connectivity index (χ1v) is 18.5. The van der Waals surface area contributed by atoms with Gasteiger partial charge < -0.3 is 14.6 Å². The van der Waals surface area contributed by atoms with Crippen LogP contribution in [-0.4, -0.2) is 36.4 Å². The molecule has 0 aromatic rings. The van der Waals surface area contributed by atoms with Crippen LogP contribution >= 0.6 is 0 Å². The molecule has 5 nitrogen and oxygen atoms in total. The molecule has 0 aromatic heterocycles. The van der Waals surface area contributed by atoms with Gasteiger partial charge in [0, 0.05) is 12.8 Å². The van der Waals surface area contributed by atoms with Gasteiger partial charge in [0.2, 0.25) is 0 Å². The van der Waals surface area contributed by atoms with Gasteiger partial charge >= 0.3 is 11.9 Å². The van der Waals surface area contributed by atoms with Crippen molar-refractivity contribution >= 4 is 11.9 Å². The predicted molar refractivity (Wildman–Crippen MR) is 178 cm³/mol. The Labute approximate surface area is 261 Å². The molecular formula is C37H72O5. The van der Waals surface area contributed by atoms with Crippen LogP contribution in [0.1, 0.15) is 201 Å². The zero-order valence-electron chi connectivity index (χ0n) is 28.4. The number of aliphatic hydroxyl groups is 1. The normalized spacial score (nSPS) is 12.8. The number of esters is 2. The van der Waals surface area contributed by atoms with E-state index in [2.05, 4.69) is 20.8 Å². The first-order chi connectivity index (χ1) is 20.5. The molecule has 0 saturated carbocycles. The van der Waals surface area contributed by atoms with Crippen molar-refractivity contribution in [1.29, 1.82) is 0 Å². The van der Waals surface area contributed by atoms with E-state index in [4.69, 9.17) is 9.47 Å². The zero-order chi connectivity index (χ0) is 30.9. The summed E-state index contributed by atoms with van der Waals surface area (Å²) in [5.41, 5.74) is 0. The molecule has 5 heteroatoms. The van der Waals surface area contributed by atoms with Crippen LogP contribution in [0.2, 0.25) is 0 Å². The third-order valence-electron chi connectivity index (χ3n) is 8.63. The van der Waals surface area contributed by atoms with Crippen molar-refractivity contribution < 1.29 is 24.2 Å². The molecule has 0 saturated heterocycles. The van der Waals surface area contributed by atoms with Crippen LogP contribution in [-0.2, 0) is 19.1 Å². The molecule has 1 unspecified atom stereocenters. The number of ether oxygens (including phenoxy) is 2. The minimum absolute atomic E-state index is 0.109. The molecule has 0 aliphatic carbocycles. The molecule has 0 radical (unpaired) electrons. The molecule has 1 N–H and O–H groups in total. The maximum absolute atomic E-state index is 11.9. The quantitative estimate of drug-likeness (QED) is 0.0602. The van der Waals surface area contributed by atoms with Gasteiger partial charge in [0.1, 0.15) is 19.3 Å². The molecule has 0 aliphatic rings. The standard InChI is InChI=1S/C37H72O5/c1-4-6-7-8-9-10-18-21-24-27-30-36(39)41-32-35(38)33-42-37(40)31-28-25-22-19-16-14-12-11-13-15-17-20-23-26-29-34(3)5-2/h34-35,38H,4-33H2,1-3H3/t34?,35-/m0/s1. The second-order valence-electron chi connectivity index (χ2n) is 13.0. The van der Waals surface area contributed by atoms with E-state index in [-0.39, 0.29) is 25.2 Å². The van der Waals surface area contributed by atoms with Crippen LogP contribution in [0.15, 0.2) is 0 Å². The average Bonchev–Trinajstić information content (AvgIpc) is 2.99. The Bertz CT molecular complexity index is 579. The van der Waals surface area contributed by atoms with Crippen molar-refractivity contribution in [2.45, 2.75) is 207 Å². The third kappa shape index (κ3) is 31.8. The highest BCUT2D eigenvalue weighted by Gasteiger charge is 2.12. The van der Waals surface area contributed by atoms with Gasteiger partial charge in [0.15, 0.2) is 0 Å². The second kappa shape index (κ2) is 32.8. The highest BCUT2D eigenvalue weighted by molar-refractivity contribution is 5.69. The lowest BCUT2D eigenvalue weighted by Gasteiger charge is -2.12. The summed E-state index contributed by atoms with van der Waals surface area (Å²) in [6, 6.07) is 0. The van der Waals surface area contributed by atoms with Gasteiger partial charge in [-0.05, 0) is 18.8 Å². The van der Waals surface area contributed by atoms with Crippen LogP contribution < -0.4 is 0 Å². The van der Waals surface area contributed by atoms with Crippen molar-refractivity contribution in [2.24, 2.45) is 5.92 Å². The van der Waals surface area contributed by atoms with Gasteiger partial charge in [-0.1, -0.05) is 175 Å². The number of rotatable bonds is 33. The van der Waals surface area contributed by atoms with Crippen LogP contribution in [0, 0.1) is 5.92 Å². The highest BCUT2D eigenvalue weighted by atomic mass is 16.6. The molecule has 0 fully saturated rings. The van der Waals surface area contributed by atoms with Crippen LogP contribution in [0.5, 0.6) is 0 Å². The first kappa shape index (κ1) is 40.9. The van der Waals surface area contributed by atoms with Gasteiger partial charge in [0.25, 0.3) is 0 Å². The molecule has 0 aliphatic heterocycles. The smallest absolute Gasteiger partial charge is 0.305 e. The minimum Gasteiger partial charge on any atom is -0.463 e. The molecule has 0 bridgehead atoms. The summed E-state index contributed by atoms with van der Waals surface area (Å²) in [7, 11) is 0. The molecule has 0 amide bonds. The number of unbranched alkanes of at least 4 members (excludes halogenated alkanes) is 22. The van der Waals surface area contributed by atoms with E-state index >= 15 is 0 Å². The Hall–Kier alpha value is -1.10. The number of hydrogen-bond acceptors (Lipinski definition) is 5. The summed E-state index contributed by atoms with van der Waals surface area (Å²) in [6.07, 6.45) is 32.9. The Morgan fingerprint density at radius 1 is 0.500 bits per heavy atom. The summed E-state index contributed by atoms with van der Waals surface area (Å²) < 4.78 is 10.3. The largest absolute Gasteiger partial charge is 0.463 e. The molecule has 250 valence electrons. The maximum atomic E-state index is 11.9. The van der Waals surface area contributed by atoms with Gasteiger partial charge in [-0.15, -0.1) is 0 Å². The van der Waals surface area contributed by atoms with Crippen LogP contribution in [0.3, 0.4) is 0 Å². The predicted octanol–water partition coefficient (Wildman–Crippen LogP) is 11.0. The summed E-state index contributed by atoms with van der Waals surface area (Å²) >= 11 is 0. The molecular weight excluding hydrogens is 524 g/mol. The van der Waals surface area contributed by atoms with E-state index in [9.17, 15) is 14.7 Å². The summed E-state index contributed by atoms with van der Waals surface area (Å²) in [5.74, 6) is 0.347. The van der Waals surface area contributed by atoms with E-state index in [1.807, 2.05) is 0 Å². The number of carbonyl (C=O) groups is 2. The van der Waals surface area contributed by atoms with Crippen molar-refractivity contribution in [1.82, 2.24) is 0 Å². The summed E-state index contributed by atoms with van der Waals surface area (Å²) in [4.78, 5) is 23.8. The molecule has 0 heterocycles. The van der Waals surface area contributed by atoms with Gasteiger partial charge in [-0.3, -0.25) is 9.59 Å². The Kier molecular flexibility index (Phi) is 31.9. The summed E-state index contributed by atoms with van der Waals surface area (Å²) in [6.45, 7) is 6.69. The van der Waals surface area contributed by atoms with Crippen molar-refractivity contribution in [3.8, 4) is 0 Å². The van der Waals surface area contributed by atoms with Gasteiger partial charge in [-0.2, -0.15) is 0 Å². The van der Waals surface area contributed by atoms with E-state index in [1.165, 1.54) is 141 Å². The lowest BCUT2D eigenvalue weighted by atomic mass is 9.99. The fourth-order valence-electron chi connectivity index (χ4n) is 5.42. The van der Waals surface area contributed by atoms with Crippen molar-refractivity contribution in [3.63, 3.8) is 0 Å². The fraction of sp³-hybridized carbons (Fsp3) is 0.946. The highest BCUT2D eigenvalue weighted by Crippen LogP contribution is 2.16. The van der Waals surface area contributed by atoms with E-state index in [0.717, 1.165) is 31.6 Å². The van der Waals surface area contributed by atoms with Crippen molar-refractivity contribution in [2.75, 3.05) is 13.2 Å². The summed E-state index contributed by atoms with van der Waals surface area (Å²) in [5, 5.41) is 9.97. The number of aliphatic hydroxyl groups excluding tert-OH is 1. The van der Waals surface area contributed by atoms with Crippen LogP contribution in [0.25, 0.3) is 0 Å². The van der Waals surface area contributed by atoms with E-state index in [1.54, 1.807) is 0 Å². The lowest BCUT2D eigenvalue weighted by Crippen LogP contribution is -2.25. The number of hydrogen-bond donors (Lipinski definition) is 1. The Morgan fingerprint density at radius 3 is 1.14 bits per heavy atom. The topological polar surface area (TPSA) is 72.8 Å². The molecule has 42 heavy (non-hydrogen) atoms. The fourth-order valence-corrected chi connectivity index (χ4v) is 5.42. The van der Waals surface area contributed by atoms with E-state index < -0.39 is 6.10 Å². The minimum atomic E-state index is -0.954. The number of carbonyl (C=O) groups excluding carboxylic acids is 2. The monoisotopic (exact) mass is 597 g/mol. The third-order valence-corrected chi connectivity index (χ3v) is 8.63. The lowest BCUT2D eigenvalue weighted by molar-refractivity contribution is -0.152. The maximum Gasteiger partial charge on any atom is 0.305 e. The first-order valence-electron chi connectivity index (χ1n) is 18.5. The average molecular weight is 597 g/mol. The van der Waals surface area contributed by atoms with Gasteiger partial charge in [0.05, 0.1) is 0 Å². The molecule has 2 atom stereocenters. The zero-order valence-corrected chi connectivity index (χ0v) is 28.4. The van der Waals surface area contributed by atoms with Crippen molar-refractivity contribution in [3.05, 3.63) is 0 Å². The van der Waals surface area contributed by atoms with Crippen LogP contribution in [0.4, 0.5) is 0 Å². The Balaban J connectivity index is 3.38. The van der Waals surface area contributed by atoms with E-state index in [0.29, 0.717) is 12.8 Å². The molecule has 0 rings (SSSR count).